The number of hydrogen-bond acceptors (Lipinski definition) is 3. The molecule has 1 heterocycles. The maximum absolute atomic E-state index is 10.7. The summed E-state index contributed by atoms with van der Waals surface area (Å²) in [6.07, 6.45) is 0.590. The molecule has 0 bridgehead atoms. The van der Waals surface area contributed by atoms with Crippen LogP contribution >= 0.6 is 0 Å². The highest BCUT2D eigenvalue weighted by Crippen LogP contribution is 2.32. The lowest BCUT2D eigenvalue weighted by Crippen LogP contribution is -2.39. The molecule has 3 heteroatoms. The molecule has 14 heavy (non-hydrogen) atoms. The molecule has 1 aliphatic heterocycles. The van der Waals surface area contributed by atoms with Crippen molar-refractivity contribution in [3.8, 4) is 0 Å². The summed E-state index contributed by atoms with van der Waals surface area (Å²) in [5.74, 6) is 0. The van der Waals surface area contributed by atoms with E-state index >= 15 is 0 Å². The number of aldehydes is 1. The van der Waals surface area contributed by atoms with Crippen molar-refractivity contribution in [3.63, 3.8) is 0 Å². The van der Waals surface area contributed by atoms with Gasteiger partial charge >= 0.3 is 0 Å². The third kappa shape index (κ3) is 1.35. The highest BCUT2D eigenvalue weighted by atomic mass is 16.3. The Labute approximate surface area is 82.8 Å². The second-order valence-corrected chi connectivity index (χ2v) is 3.86. The summed E-state index contributed by atoms with van der Waals surface area (Å²) in [4.78, 5) is 10.7. The Morgan fingerprint density at radius 3 is 3.00 bits per heavy atom. The molecule has 3 nitrogen and oxygen atoms in total. The molecule has 0 amide bonds. The van der Waals surface area contributed by atoms with E-state index in [1.165, 1.54) is 6.92 Å². The van der Waals surface area contributed by atoms with Crippen LogP contribution < -0.4 is 5.32 Å². The SMILES string of the molecule is CC(O)(C=O)C1NCc2ccccc21. The molecule has 0 saturated carbocycles. The van der Waals surface area contributed by atoms with E-state index in [-0.39, 0.29) is 6.04 Å². The average Bonchev–Trinajstić information content (AvgIpc) is 2.61. The van der Waals surface area contributed by atoms with Gasteiger partial charge in [0, 0.05) is 6.54 Å². The number of nitrogens with one attached hydrogen (secondary N) is 1. The Morgan fingerprint density at radius 2 is 2.29 bits per heavy atom. The van der Waals surface area contributed by atoms with Crippen LogP contribution in [0.4, 0.5) is 0 Å². The summed E-state index contributed by atoms with van der Waals surface area (Å²) in [7, 11) is 0. The topological polar surface area (TPSA) is 49.3 Å². The average molecular weight is 191 g/mol. The molecule has 0 aliphatic carbocycles. The van der Waals surface area contributed by atoms with Gasteiger partial charge in [0.25, 0.3) is 0 Å². The minimum Gasteiger partial charge on any atom is -0.381 e. The van der Waals surface area contributed by atoms with Crippen LogP contribution in [-0.2, 0) is 11.3 Å². The largest absolute Gasteiger partial charge is 0.381 e. The van der Waals surface area contributed by atoms with Crippen molar-refractivity contribution in [3.05, 3.63) is 35.4 Å². The number of aliphatic hydroxyl groups is 1. The molecular formula is C11H13NO2. The van der Waals surface area contributed by atoms with E-state index in [2.05, 4.69) is 5.32 Å². The van der Waals surface area contributed by atoms with Gasteiger partial charge in [0.2, 0.25) is 0 Å². The molecule has 1 aromatic carbocycles. The van der Waals surface area contributed by atoms with Gasteiger partial charge in [0.1, 0.15) is 5.60 Å². The van der Waals surface area contributed by atoms with Crippen LogP contribution in [0.3, 0.4) is 0 Å². The fourth-order valence-electron chi connectivity index (χ4n) is 1.89. The van der Waals surface area contributed by atoms with Gasteiger partial charge in [-0.05, 0) is 18.1 Å². The molecule has 0 fully saturated rings. The number of hydrogen-bond donors (Lipinski definition) is 2. The first kappa shape index (κ1) is 9.37. The maximum Gasteiger partial charge on any atom is 0.153 e. The van der Waals surface area contributed by atoms with Crippen molar-refractivity contribution in [2.24, 2.45) is 0 Å². The van der Waals surface area contributed by atoms with Gasteiger partial charge in [-0.2, -0.15) is 0 Å². The predicted molar refractivity (Wildman–Crippen MR) is 52.7 cm³/mol. The quantitative estimate of drug-likeness (QED) is 0.679. The molecule has 2 N–H and O–H groups in total. The zero-order valence-corrected chi connectivity index (χ0v) is 8.03. The minimum atomic E-state index is -1.33. The van der Waals surface area contributed by atoms with Crippen molar-refractivity contribution in [1.82, 2.24) is 5.32 Å². The summed E-state index contributed by atoms with van der Waals surface area (Å²) in [6.45, 7) is 2.24. The first-order valence-corrected chi connectivity index (χ1v) is 4.65. The molecule has 1 aliphatic rings. The Hall–Kier alpha value is -1.19. The molecule has 2 atom stereocenters. The zero-order valence-electron chi connectivity index (χ0n) is 8.03. The minimum absolute atomic E-state index is 0.281. The summed E-state index contributed by atoms with van der Waals surface area (Å²) in [5, 5.41) is 13.0. The number of fused-ring (bicyclic) bond motifs is 1. The summed E-state index contributed by atoms with van der Waals surface area (Å²) < 4.78 is 0. The van der Waals surface area contributed by atoms with Gasteiger partial charge in [0.05, 0.1) is 6.04 Å². The van der Waals surface area contributed by atoms with E-state index in [1.807, 2.05) is 24.3 Å². The fraction of sp³-hybridized carbons (Fsp3) is 0.364. The lowest BCUT2D eigenvalue weighted by atomic mass is 9.92. The summed E-state index contributed by atoms with van der Waals surface area (Å²) in [5.41, 5.74) is 0.844. The van der Waals surface area contributed by atoms with Crippen LogP contribution in [0.5, 0.6) is 0 Å². The molecule has 0 spiro atoms. The number of benzene rings is 1. The first-order valence-electron chi connectivity index (χ1n) is 4.65. The zero-order chi connectivity index (χ0) is 10.2. The van der Waals surface area contributed by atoms with Crippen LogP contribution in [0.2, 0.25) is 0 Å². The third-order valence-corrected chi connectivity index (χ3v) is 2.69. The molecule has 0 radical (unpaired) electrons. The predicted octanol–water partition coefficient (Wildman–Crippen LogP) is 0.781. The first-order chi connectivity index (χ1) is 6.65. The van der Waals surface area contributed by atoms with Gasteiger partial charge in [-0.15, -0.1) is 0 Å². The number of carbonyl (C=O) groups is 1. The molecule has 0 aromatic heterocycles. The van der Waals surface area contributed by atoms with Gasteiger partial charge in [-0.3, -0.25) is 0 Å². The Balaban J connectivity index is 2.39. The Morgan fingerprint density at radius 1 is 1.57 bits per heavy atom. The number of carbonyl (C=O) groups excluding carboxylic acids is 1. The highest BCUT2D eigenvalue weighted by Gasteiger charge is 2.36. The van der Waals surface area contributed by atoms with Crippen LogP contribution in [0, 0.1) is 0 Å². The van der Waals surface area contributed by atoms with E-state index in [9.17, 15) is 9.90 Å². The van der Waals surface area contributed by atoms with Gasteiger partial charge in [-0.1, -0.05) is 24.3 Å². The lowest BCUT2D eigenvalue weighted by Gasteiger charge is -2.24. The summed E-state index contributed by atoms with van der Waals surface area (Å²) in [6, 6.07) is 7.54. The monoisotopic (exact) mass is 191 g/mol. The van der Waals surface area contributed by atoms with Crippen molar-refractivity contribution in [1.29, 1.82) is 0 Å². The van der Waals surface area contributed by atoms with E-state index < -0.39 is 5.60 Å². The molecule has 74 valence electrons. The maximum atomic E-state index is 10.7. The van der Waals surface area contributed by atoms with Crippen molar-refractivity contribution in [2.75, 3.05) is 0 Å². The van der Waals surface area contributed by atoms with Crippen molar-refractivity contribution in [2.45, 2.75) is 25.1 Å². The molecule has 1 aromatic rings. The molecule has 2 unspecified atom stereocenters. The van der Waals surface area contributed by atoms with Crippen LogP contribution in [-0.4, -0.2) is 17.0 Å². The van der Waals surface area contributed by atoms with Gasteiger partial charge in [-0.25, -0.2) is 0 Å². The van der Waals surface area contributed by atoms with Crippen molar-refractivity contribution < 1.29 is 9.90 Å². The smallest absolute Gasteiger partial charge is 0.153 e. The highest BCUT2D eigenvalue weighted by molar-refractivity contribution is 5.64. The van der Waals surface area contributed by atoms with E-state index in [0.717, 1.165) is 11.1 Å². The number of rotatable bonds is 2. The second kappa shape index (κ2) is 3.19. The Bertz CT molecular complexity index is 360. The van der Waals surface area contributed by atoms with Gasteiger partial charge in [0.15, 0.2) is 6.29 Å². The lowest BCUT2D eigenvalue weighted by molar-refractivity contribution is -0.125. The van der Waals surface area contributed by atoms with Crippen LogP contribution in [0.1, 0.15) is 24.1 Å². The van der Waals surface area contributed by atoms with Crippen LogP contribution in [0.15, 0.2) is 24.3 Å². The Kier molecular flexibility index (Phi) is 2.13. The third-order valence-electron chi connectivity index (χ3n) is 2.69. The summed E-state index contributed by atoms with van der Waals surface area (Å²) >= 11 is 0. The van der Waals surface area contributed by atoms with Gasteiger partial charge < -0.3 is 15.2 Å². The molecular weight excluding hydrogens is 178 g/mol. The normalized spacial score (nSPS) is 24.0. The van der Waals surface area contributed by atoms with E-state index in [0.29, 0.717) is 12.8 Å². The second-order valence-electron chi connectivity index (χ2n) is 3.86. The van der Waals surface area contributed by atoms with E-state index in [4.69, 9.17) is 0 Å². The van der Waals surface area contributed by atoms with E-state index in [1.54, 1.807) is 0 Å². The van der Waals surface area contributed by atoms with Crippen molar-refractivity contribution >= 4 is 6.29 Å². The standard InChI is InChI=1S/C11H13NO2/c1-11(14,7-13)10-9-5-3-2-4-8(9)6-12-10/h2-5,7,10,12,14H,6H2,1H3. The molecule has 2 rings (SSSR count). The van der Waals surface area contributed by atoms with Crippen LogP contribution in [0.25, 0.3) is 0 Å². The fourth-order valence-corrected chi connectivity index (χ4v) is 1.89. The molecule has 0 saturated heterocycles.